The summed E-state index contributed by atoms with van der Waals surface area (Å²) in [5.74, 6) is 0.844. The maximum absolute atomic E-state index is 12.3. The van der Waals surface area contributed by atoms with E-state index in [2.05, 4.69) is 12.2 Å². The van der Waals surface area contributed by atoms with E-state index in [9.17, 15) is 4.79 Å². The molecule has 1 aliphatic carbocycles. The molecule has 4 heteroatoms. The van der Waals surface area contributed by atoms with Crippen LogP contribution in [0.4, 0.5) is 0 Å². The van der Waals surface area contributed by atoms with Crippen molar-refractivity contribution in [3.63, 3.8) is 0 Å². The van der Waals surface area contributed by atoms with Crippen LogP contribution in [-0.4, -0.2) is 25.2 Å². The van der Waals surface area contributed by atoms with Crippen molar-refractivity contribution < 1.29 is 9.53 Å². The largest absolute Gasteiger partial charge is 0.376 e. The Labute approximate surface area is 118 Å². The van der Waals surface area contributed by atoms with E-state index in [0.717, 1.165) is 43.8 Å². The molecule has 19 heavy (non-hydrogen) atoms. The van der Waals surface area contributed by atoms with Crippen molar-refractivity contribution >= 4 is 17.2 Å². The second-order valence-corrected chi connectivity index (χ2v) is 6.71. The highest BCUT2D eigenvalue weighted by molar-refractivity contribution is 7.10. The molecule has 1 saturated heterocycles. The van der Waals surface area contributed by atoms with Gasteiger partial charge in [-0.2, -0.15) is 0 Å². The van der Waals surface area contributed by atoms with E-state index in [-0.39, 0.29) is 12.0 Å². The molecule has 0 unspecified atom stereocenters. The van der Waals surface area contributed by atoms with Gasteiger partial charge in [-0.05, 0) is 43.6 Å². The molecule has 2 aliphatic rings. The van der Waals surface area contributed by atoms with E-state index in [1.807, 2.05) is 5.38 Å². The summed E-state index contributed by atoms with van der Waals surface area (Å²) in [6, 6.07) is 0. The van der Waals surface area contributed by atoms with Crippen LogP contribution in [0.3, 0.4) is 0 Å². The summed E-state index contributed by atoms with van der Waals surface area (Å²) in [6.45, 7) is 3.78. The third-order valence-electron chi connectivity index (χ3n) is 4.16. The summed E-state index contributed by atoms with van der Waals surface area (Å²) < 4.78 is 5.54. The molecule has 104 valence electrons. The highest BCUT2D eigenvalue weighted by Crippen LogP contribution is 2.32. The van der Waals surface area contributed by atoms with Crippen molar-refractivity contribution in [2.75, 3.05) is 13.2 Å². The monoisotopic (exact) mass is 279 g/mol. The zero-order valence-electron chi connectivity index (χ0n) is 11.4. The Morgan fingerprint density at radius 1 is 1.53 bits per heavy atom. The van der Waals surface area contributed by atoms with E-state index >= 15 is 0 Å². The summed E-state index contributed by atoms with van der Waals surface area (Å²) >= 11 is 1.75. The third-order valence-corrected chi connectivity index (χ3v) is 5.21. The molecule has 3 rings (SSSR count). The number of fused-ring (bicyclic) bond motifs is 1. The zero-order valence-corrected chi connectivity index (χ0v) is 12.2. The van der Waals surface area contributed by atoms with Gasteiger partial charge in [0.05, 0.1) is 11.7 Å². The SMILES string of the molecule is C[C@@H]1CCc2c(C(=O)NC[C@@H]3CCCO3)csc2C1. The molecule has 1 aromatic rings. The van der Waals surface area contributed by atoms with Gasteiger partial charge >= 0.3 is 0 Å². The normalized spacial score (nSPS) is 26.2. The minimum atomic E-state index is 0.0857. The number of hydrogen-bond acceptors (Lipinski definition) is 3. The molecule has 0 aromatic carbocycles. The van der Waals surface area contributed by atoms with E-state index in [0.29, 0.717) is 6.54 Å². The first-order valence-corrected chi connectivity index (χ1v) is 8.11. The van der Waals surface area contributed by atoms with Gasteiger partial charge in [0.2, 0.25) is 0 Å². The smallest absolute Gasteiger partial charge is 0.252 e. The number of ether oxygens (including phenoxy) is 1. The lowest BCUT2D eigenvalue weighted by Gasteiger charge is -2.19. The van der Waals surface area contributed by atoms with Crippen LogP contribution in [0.2, 0.25) is 0 Å². The lowest BCUT2D eigenvalue weighted by Crippen LogP contribution is -2.32. The number of thiophene rings is 1. The van der Waals surface area contributed by atoms with Crippen LogP contribution in [-0.2, 0) is 17.6 Å². The number of carbonyl (C=O) groups excluding carboxylic acids is 1. The molecule has 2 heterocycles. The summed E-state index contributed by atoms with van der Waals surface area (Å²) in [4.78, 5) is 13.7. The molecular formula is C15H21NO2S. The maximum Gasteiger partial charge on any atom is 0.252 e. The Bertz CT molecular complexity index is 463. The van der Waals surface area contributed by atoms with Gasteiger partial charge in [-0.1, -0.05) is 6.92 Å². The average molecular weight is 279 g/mol. The van der Waals surface area contributed by atoms with Crippen LogP contribution < -0.4 is 5.32 Å². The molecule has 0 saturated carbocycles. The molecule has 1 aliphatic heterocycles. The van der Waals surface area contributed by atoms with Crippen molar-refractivity contribution in [3.8, 4) is 0 Å². The molecule has 0 radical (unpaired) electrons. The van der Waals surface area contributed by atoms with Crippen LogP contribution in [0.5, 0.6) is 0 Å². The highest BCUT2D eigenvalue weighted by Gasteiger charge is 2.24. The van der Waals surface area contributed by atoms with Gasteiger partial charge in [-0.25, -0.2) is 0 Å². The number of hydrogen-bond donors (Lipinski definition) is 1. The van der Waals surface area contributed by atoms with Crippen molar-refractivity contribution in [1.29, 1.82) is 0 Å². The summed E-state index contributed by atoms with van der Waals surface area (Å²) in [5, 5.41) is 5.07. The van der Waals surface area contributed by atoms with Crippen LogP contribution in [0.15, 0.2) is 5.38 Å². The number of rotatable bonds is 3. The van der Waals surface area contributed by atoms with Crippen LogP contribution in [0.1, 0.15) is 47.0 Å². The minimum absolute atomic E-state index is 0.0857. The Morgan fingerprint density at radius 3 is 3.21 bits per heavy atom. The highest BCUT2D eigenvalue weighted by atomic mass is 32.1. The Hall–Kier alpha value is -0.870. The van der Waals surface area contributed by atoms with Crippen LogP contribution in [0, 0.1) is 5.92 Å². The molecule has 0 bridgehead atoms. The predicted octanol–water partition coefficient (Wildman–Crippen LogP) is 2.78. The first kappa shape index (κ1) is 13.1. The van der Waals surface area contributed by atoms with Crippen molar-refractivity contribution in [3.05, 3.63) is 21.4 Å². The number of amides is 1. The fraction of sp³-hybridized carbons (Fsp3) is 0.667. The van der Waals surface area contributed by atoms with Crippen molar-refractivity contribution in [2.45, 2.75) is 45.1 Å². The minimum Gasteiger partial charge on any atom is -0.376 e. The van der Waals surface area contributed by atoms with Gasteiger partial charge < -0.3 is 10.1 Å². The molecule has 1 fully saturated rings. The van der Waals surface area contributed by atoms with Gasteiger partial charge in [0.25, 0.3) is 5.91 Å². The van der Waals surface area contributed by atoms with E-state index in [1.54, 1.807) is 11.3 Å². The van der Waals surface area contributed by atoms with Crippen molar-refractivity contribution in [2.24, 2.45) is 5.92 Å². The van der Waals surface area contributed by atoms with E-state index < -0.39 is 0 Å². The van der Waals surface area contributed by atoms with Gasteiger partial charge in [0.1, 0.15) is 0 Å². The Kier molecular flexibility index (Phi) is 3.89. The molecule has 1 N–H and O–H groups in total. The molecule has 3 nitrogen and oxygen atoms in total. The van der Waals surface area contributed by atoms with E-state index in [1.165, 1.54) is 16.9 Å². The van der Waals surface area contributed by atoms with E-state index in [4.69, 9.17) is 4.74 Å². The fourth-order valence-electron chi connectivity index (χ4n) is 2.97. The third kappa shape index (κ3) is 2.84. The summed E-state index contributed by atoms with van der Waals surface area (Å²) in [5.41, 5.74) is 2.21. The Morgan fingerprint density at radius 2 is 2.42 bits per heavy atom. The summed E-state index contributed by atoms with van der Waals surface area (Å²) in [7, 11) is 0. The quantitative estimate of drug-likeness (QED) is 0.924. The lowest BCUT2D eigenvalue weighted by molar-refractivity contribution is 0.0857. The fourth-order valence-corrected chi connectivity index (χ4v) is 4.22. The standard InChI is InChI=1S/C15H21NO2S/c1-10-4-5-12-13(9-19-14(12)7-10)15(17)16-8-11-3-2-6-18-11/h9-11H,2-8H2,1H3,(H,16,17)/t10-,11+/m1/s1. The topological polar surface area (TPSA) is 38.3 Å². The van der Waals surface area contributed by atoms with Gasteiger partial charge in [0, 0.05) is 23.4 Å². The number of nitrogens with one attached hydrogen (secondary N) is 1. The first-order valence-electron chi connectivity index (χ1n) is 7.23. The molecule has 0 spiro atoms. The van der Waals surface area contributed by atoms with Crippen LogP contribution >= 0.6 is 11.3 Å². The van der Waals surface area contributed by atoms with Gasteiger partial charge in [0.15, 0.2) is 0 Å². The number of carbonyl (C=O) groups is 1. The predicted molar refractivity (Wildman–Crippen MR) is 76.8 cm³/mol. The van der Waals surface area contributed by atoms with Gasteiger partial charge in [-0.3, -0.25) is 4.79 Å². The summed E-state index contributed by atoms with van der Waals surface area (Å²) in [6.07, 6.45) is 5.81. The van der Waals surface area contributed by atoms with Gasteiger partial charge in [-0.15, -0.1) is 11.3 Å². The second kappa shape index (κ2) is 5.63. The zero-order chi connectivity index (χ0) is 13.2. The molecule has 2 atom stereocenters. The lowest BCUT2D eigenvalue weighted by atomic mass is 9.88. The molecule has 1 aromatic heterocycles. The molecular weight excluding hydrogens is 258 g/mol. The average Bonchev–Trinajstić information content (AvgIpc) is 3.04. The first-order chi connectivity index (χ1) is 9.24. The molecule has 1 amide bonds. The Balaban J connectivity index is 1.63. The maximum atomic E-state index is 12.3. The van der Waals surface area contributed by atoms with Crippen LogP contribution in [0.25, 0.3) is 0 Å². The van der Waals surface area contributed by atoms with Crippen molar-refractivity contribution in [1.82, 2.24) is 5.32 Å². The second-order valence-electron chi connectivity index (χ2n) is 5.74.